The molecule has 0 saturated heterocycles. The van der Waals surface area contributed by atoms with Gasteiger partial charge in [0.25, 0.3) is 0 Å². The lowest BCUT2D eigenvalue weighted by molar-refractivity contribution is 1.20. The van der Waals surface area contributed by atoms with Crippen molar-refractivity contribution in [2.24, 2.45) is 0 Å². The van der Waals surface area contributed by atoms with Crippen LogP contribution in [-0.2, 0) is 0 Å². The van der Waals surface area contributed by atoms with E-state index in [1.54, 1.807) is 12.4 Å². The van der Waals surface area contributed by atoms with Crippen LogP contribution in [-0.4, -0.2) is 15.0 Å². The zero-order valence-corrected chi connectivity index (χ0v) is 12.3. The van der Waals surface area contributed by atoms with Crippen molar-refractivity contribution >= 4 is 22.4 Å². The number of aromatic nitrogens is 3. The number of para-hydroxylation sites is 2. The molecule has 23 heavy (non-hydrogen) atoms. The highest BCUT2D eigenvalue weighted by molar-refractivity contribution is 5.92. The number of pyridine rings is 1. The maximum absolute atomic E-state index is 4.70. The molecule has 0 aliphatic carbocycles. The molecule has 0 aliphatic rings. The zero-order valence-electron chi connectivity index (χ0n) is 12.3. The molecule has 4 heteroatoms. The number of hydrogen-bond acceptors (Lipinski definition) is 4. The maximum atomic E-state index is 4.70. The molecule has 110 valence electrons. The summed E-state index contributed by atoms with van der Waals surface area (Å²) in [5, 5.41) is 4.38. The molecule has 0 bridgehead atoms. The Kier molecular flexibility index (Phi) is 3.41. The highest BCUT2D eigenvalue weighted by atomic mass is 15.0. The average Bonchev–Trinajstić information content (AvgIpc) is 2.63. The molecule has 0 amide bonds. The van der Waals surface area contributed by atoms with E-state index < -0.39 is 0 Å². The third-order valence-corrected chi connectivity index (χ3v) is 3.56. The summed E-state index contributed by atoms with van der Waals surface area (Å²) in [6, 6.07) is 21.8. The summed E-state index contributed by atoms with van der Waals surface area (Å²) >= 11 is 0. The number of benzene rings is 2. The SMILES string of the molecule is c1ccc(Nc2nc(-c3cccnc3)nc3ccccc23)cc1. The molecule has 0 atom stereocenters. The molecule has 4 aromatic rings. The van der Waals surface area contributed by atoms with E-state index >= 15 is 0 Å². The van der Waals surface area contributed by atoms with Crippen LogP contribution in [0.25, 0.3) is 22.3 Å². The fourth-order valence-corrected chi connectivity index (χ4v) is 2.45. The fraction of sp³-hybridized carbons (Fsp3) is 0. The van der Waals surface area contributed by atoms with Crippen molar-refractivity contribution in [3.63, 3.8) is 0 Å². The van der Waals surface area contributed by atoms with Gasteiger partial charge in [0.05, 0.1) is 5.52 Å². The van der Waals surface area contributed by atoms with Crippen molar-refractivity contribution in [2.75, 3.05) is 5.32 Å². The maximum Gasteiger partial charge on any atom is 0.163 e. The lowest BCUT2D eigenvalue weighted by Gasteiger charge is -2.10. The number of anilines is 2. The predicted molar refractivity (Wildman–Crippen MR) is 92.5 cm³/mol. The average molecular weight is 298 g/mol. The van der Waals surface area contributed by atoms with Gasteiger partial charge in [0, 0.05) is 29.0 Å². The minimum atomic E-state index is 0.662. The molecule has 0 unspecified atom stereocenters. The summed E-state index contributed by atoms with van der Waals surface area (Å²) in [4.78, 5) is 13.5. The van der Waals surface area contributed by atoms with Crippen molar-refractivity contribution in [3.8, 4) is 11.4 Å². The van der Waals surface area contributed by atoms with Crippen LogP contribution in [0, 0.1) is 0 Å². The Morgan fingerprint density at radius 1 is 0.739 bits per heavy atom. The van der Waals surface area contributed by atoms with E-state index in [4.69, 9.17) is 4.98 Å². The molecule has 4 rings (SSSR count). The fourth-order valence-electron chi connectivity index (χ4n) is 2.45. The third-order valence-electron chi connectivity index (χ3n) is 3.56. The number of rotatable bonds is 3. The summed E-state index contributed by atoms with van der Waals surface area (Å²) in [7, 11) is 0. The van der Waals surface area contributed by atoms with Gasteiger partial charge in [-0.1, -0.05) is 30.3 Å². The second-order valence-electron chi connectivity index (χ2n) is 5.15. The molecule has 4 nitrogen and oxygen atoms in total. The monoisotopic (exact) mass is 298 g/mol. The van der Waals surface area contributed by atoms with Crippen LogP contribution in [0.5, 0.6) is 0 Å². The molecule has 0 saturated carbocycles. The summed E-state index contributed by atoms with van der Waals surface area (Å²) in [6.45, 7) is 0. The second kappa shape index (κ2) is 5.85. The van der Waals surface area contributed by atoms with Crippen LogP contribution in [0.4, 0.5) is 11.5 Å². The molecular formula is C19H14N4. The first-order valence-electron chi connectivity index (χ1n) is 7.39. The van der Waals surface area contributed by atoms with Gasteiger partial charge >= 0.3 is 0 Å². The van der Waals surface area contributed by atoms with Crippen molar-refractivity contribution in [3.05, 3.63) is 79.1 Å². The van der Waals surface area contributed by atoms with Crippen LogP contribution in [0.1, 0.15) is 0 Å². The zero-order chi connectivity index (χ0) is 15.5. The standard InChI is InChI=1S/C19H14N4/c1-2-8-15(9-3-1)21-19-16-10-4-5-11-17(16)22-18(23-19)14-7-6-12-20-13-14/h1-13H,(H,21,22,23). The van der Waals surface area contributed by atoms with E-state index in [1.165, 1.54) is 0 Å². The third kappa shape index (κ3) is 2.74. The lowest BCUT2D eigenvalue weighted by Crippen LogP contribution is -1.99. The van der Waals surface area contributed by atoms with Crippen LogP contribution in [0.2, 0.25) is 0 Å². The van der Waals surface area contributed by atoms with Gasteiger partial charge in [-0.3, -0.25) is 4.98 Å². The Labute approximate surface area is 133 Å². The molecule has 0 fully saturated rings. The molecular weight excluding hydrogens is 284 g/mol. The minimum Gasteiger partial charge on any atom is -0.340 e. The summed E-state index contributed by atoms with van der Waals surface area (Å²) < 4.78 is 0. The Morgan fingerprint density at radius 3 is 2.39 bits per heavy atom. The van der Waals surface area contributed by atoms with Gasteiger partial charge in [0.2, 0.25) is 0 Å². The normalized spacial score (nSPS) is 10.6. The Balaban J connectivity index is 1.87. The smallest absolute Gasteiger partial charge is 0.163 e. The highest BCUT2D eigenvalue weighted by Crippen LogP contribution is 2.26. The Morgan fingerprint density at radius 2 is 1.57 bits per heavy atom. The van der Waals surface area contributed by atoms with Gasteiger partial charge < -0.3 is 5.32 Å². The predicted octanol–water partition coefficient (Wildman–Crippen LogP) is 4.44. The number of nitrogens with zero attached hydrogens (tertiary/aromatic N) is 3. The van der Waals surface area contributed by atoms with Crippen LogP contribution in [0.15, 0.2) is 79.1 Å². The Bertz CT molecular complexity index is 937. The molecule has 0 spiro atoms. The summed E-state index contributed by atoms with van der Waals surface area (Å²) in [5.41, 5.74) is 2.79. The molecule has 0 radical (unpaired) electrons. The van der Waals surface area contributed by atoms with Gasteiger partial charge in [-0.15, -0.1) is 0 Å². The van der Waals surface area contributed by atoms with Crippen molar-refractivity contribution < 1.29 is 0 Å². The first-order valence-corrected chi connectivity index (χ1v) is 7.39. The second-order valence-corrected chi connectivity index (χ2v) is 5.15. The van der Waals surface area contributed by atoms with E-state index in [9.17, 15) is 0 Å². The quantitative estimate of drug-likeness (QED) is 0.607. The van der Waals surface area contributed by atoms with Crippen LogP contribution in [0.3, 0.4) is 0 Å². The van der Waals surface area contributed by atoms with Crippen LogP contribution < -0.4 is 5.32 Å². The van der Waals surface area contributed by atoms with Gasteiger partial charge in [0.15, 0.2) is 5.82 Å². The summed E-state index contributed by atoms with van der Waals surface area (Å²) in [5.74, 6) is 1.45. The first kappa shape index (κ1) is 13.4. The lowest BCUT2D eigenvalue weighted by atomic mass is 10.2. The van der Waals surface area contributed by atoms with E-state index in [2.05, 4.69) is 15.3 Å². The van der Waals surface area contributed by atoms with Gasteiger partial charge in [-0.25, -0.2) is 9.97 Å². The molecule has 2 heterocycles. The highest BCUT2D eigenvalue weighted by Gasteiger charge is 2.09. The largest absolute Gasteiger partial charge is 0.340 e. The van der Waals surface area contributed by atoms with E-state index in [-0.39, 0.29) is 0 Å². The molecule has 1 N–H and O–H groups in total. The van der Waals surface area contributed by atoms with Crippen molar-refractivity contribution in [1.29, 1.82) is 0 Å². The van der Waals surface area contributed by atoms with Crippen molar-refractivity contribution in [2.45, 2.75) is 0 Å². The first-order chi connectivity index (χ1) is 11.4. The van der Waals surface area contributed by atoms with E-state index in [1.807, 2.05) is 66.7 Å². The van der Waals surface area contributed by atoms with E-state index in [0.717, 1.165) is 28.0 Å². The van der Waals surface area contributed by atoms with Crippen molar-refractivity contribution in [1.82, 2.24) is 15.0 Å². The minimum absolute atomic E-state index is 0.662. The number of hydrogen-bond donors (Lipinski definition) is 1. The molecule has 2 aromatic heterocycles. The van der Waals surface area contributed by atoms with Gasteiger partial charge in [-0.05, 0) is 36.4 Å². The topological polar surface area (TPSA) is 50.7 Å². The van der Waals surface area contributed by atoms with Crippen LogP contribution >= 0.6 is 0 Å². The molecule has 2 aromatic carbocycles. The molecule has 0 aliphatic heterocycles. The van der Waals surface area contributed by atoms with E-state index in [0.29, 0.717) is 5.82 Å². The van der Waals surface area contributed by atoms with Gasteiger partial charge in [0.1, 0.15) is 5.82 Å². The summed E-state index contributed by atoms with van der Waals surface area (Å²) in [6.07, 6.45) is 3.52. The number of fused-ring (bicyclic) bond motifs is 1. The Hall–Kier alpha value is -3.27. The van der Waals surface area contributed by atoms with Gasteiger partial charge in [-0.2, -0.15) is 0 Å². The number of nitrogens with one attached hydrogen (secondary N) is 1.